The molecule has 18 heavy (non-hydrogen) atoms. The van der Waals surface area contributed by atoms with E-state index in [9.17, 15) is 9.59 Å². The second-order valence-electron chi connectivity index (χ2n) is 3.87. The minimum atomic E-state index is -1.25. The number of aromatic nitrogens is 2. The van der Waals surface area contributed by atoms with Crippen LogP contribution in [0.4, 0.5) is 10.5 Å². The summed E-state index contributed by atoms with van der Waals surface area (Å²) in [5.41, 5.74) is 0.940. The number of benzene rings is 1. The third-order valence-electron chi connectivity index (χ3n) is 2.79. The molecule has 6 nitrogen and oxygen atoms in total. The minimum Gasteiger partial charge on any atom is -0.465 e. The Labute approximate surface area is 103 Å². The van der Waals surface area contributed by atoms with Crippen LogP contribution in [0.25, 0.3) is 5.69 Å². The number of nitrogens with zero attached hydrogens (tertiary/aromatic N) is 2. The number of carbonyl (C=O) groups is 1. The number of para-hydroxylation sites is 1. The molecule has 1 heterocycles. The van der Waals surface area contributed by atoms with Gasteiger partial charge >= 0.3 is 6.09 Å². The molecule has 2 aromatic rings. The fourth-order valence-electron chi connectivity index (χ4n) is 1.82. The van der Waals surface area contributed by atoms with Crippen molar-refractivity contribution in [3.05, 3.63) is 46.4 Å². The normalized spacial score (nSPS) is 10.3. The van der Waals surface area contributed by atoms with Crippen LogP contribution < -0.4 is 10.9 Å². The van der Waals surface area contributed by atoms with E-state index in [2.05, 4.69) is 5.32 Å². The average molecular weight is 247 g/mol. The van der Waals surface area contributed by atoms with Gasteiger partial charge in [0.25, 0.3) is 5.56 Å². The molecule has 0 spiro atoms. The van der Waals surface area contributed by atoms with Crippen LogP contribution in [-0.2, 0) is 7.05 Å². The van der Waals surface area contributed by atoms with Gasteiger partial charge in [0.2, 0.25) is 0 Å². The second-order valence-corrected chi connectivity index (χ2v) is 3.87. The number of carboxylic acid groups (broad SMARTS) is 1. The highest BCUT2D eigenvalue weighted by atomic mass is 16.4. The summed E-state index contributed by atoms with van der Waals surface area (Å²) >= 11 is 0. The largest absolute Gasteiger partial charge is 0.465 e. The fourth-order valence-corrected chi connectivity index (χ4v) is 1.82. The first kappa shape index (κ1) is 12.0. The van der Waals surface area contributed by atoms with Crippen LogP contribution in [0, 0.1) is 6.92 Å². The Kier molecular flexibility index (Phi) is 2.93. The smallest absolute Gasteiger partial charge is 0.409 e. The van der Waals surface area contributed by atoms with Crippen molar-refractivity contribution in [1.82, 2.24) is 9.36 Å². The van der Waals surface area contributed by atoms with E-state index in [0.29, 0.717) is 11.4 Å². The molecule has 2 rings (SSSR count). The molecule has 1 aromatic carbocycles. The molecular weight excluding hydrogens is 234 g/mol. The molecule has 1 aromatic heterocycles. The van der Waals surface area contributed by atoms with Crippen molar-refractivity contribution < 1.29 is 9.90 Å². The van der Waals surface area contributed by atoms with Crippen LogP contribution in [0.3, 0.4) is 0 Å². The lowest BCUT2D eigenvalue weighted by Gasteiger charge is -2.07. The van der Waals surface area contributed by atoms with Crippen molar-refractivity contribution >= 4 is 11.8 Å². The zero-order chi connectivity index (χ0) is 13.3. The molecule has 0 saturated carbocycles. The first-order chi connectivity index (χ1) is 8.52. The average Bonchev–Trinajstić information content (AvgIpc) is 2.54. The number of hydrogen-bond acceptors (Lipinski definition) is 2. The summed E-state index contributed by atoms with van der Waals surface area (Å²) in [7, 11) is 1.71. The first-order valence-corrected chi connectivity index (χ1v) is 5.36. The molecule has 0 aliphatic carbocycles. The van der Waals surface area contributed by atoms with Crippen molar-refractivity contribution in [2.24, 2.45) is 7.05 Å². The number of nitrogens with one attached hydrogen (secondary N) is 1. The summed E-state index contributed by atoms with van der Waals surface area (Å²) in [5.74, 6) is 0. The van der Waals surface area contributed by atoms with E-state index in [-0.39, 0.29) is 11.2 Å². The van der Waals surface area contributed by atoms with Gasteiger partial charge in [0.1, 0.15) is 5.69 Å². The van der Waals surface area contributed by atoms with Crippen LogP contribution in [0.2, 0.25) is 0 Å². The van der Waals surface area contributed by atoms with E-state index in [1.165, 1.54) is 4.68 Å². The van der Waals surface area contributed by atoms with Gasteiger partial charge < -0.3 is 5.11 Å². The quantitative estimate of drug-likeness (QED) is 0.845. The molecule has 2 N–H and O–H groups in total. The predicted molar refractivity (Wildman–Crippen MR) is 67.4 cm³/mol. The Bertz CT molecular complexity index is 641. The Morgan fingerprint density at radius 2 is 1.89 bits per heavy atom. The van der Waals surface area contributed by atoms with Crippen molar-refractivity contribution in [3.63, 3.8) is 0 Å². The number of amides is 1. The van der Waals surface area contributed by atoms with Gasteiger partial charge in [0.15, 0.2) is 0 Å². The summed E-state index contributed by atoms with van der Waals surface area (Å²) in [4.78, 5) is 22.8. The molecule has 94 valence electrons. The van der Waals surface area contributed by atoms with Crippen LogP contribution in [0.5, 0.6) is 0 Å². The monoisotopic (exact) mass is 247 g/mol. The molecule has 6 heteroatoms. The van der Waals surface area contributed by atoms with Gasteiger partial charge in [-0.2, -0.15) is 0 Å². The third kappa shape index (κ3) is 1.88. The van der Waals surface area contributed by atoms with Crippen LogP contribution in [0.1, 0.15) is 5.69 Å². The van der Waals surface area contributed by atoms with Crippen LogP contribution >= 0.6 is 0 Å². The highest BCUT2D eigenvalue weighted by molar-refractivity contribution is 5.83. The van der Waals surface area contributed by atoms with E-state index in [1.807, 2.05) is 18.2 Å². The van der Waals surface area contributed by atoms with Gasteiger partial charge in [-0.1, -0.05) is 18.2 Å². The van der Waals surface area contributed by atoms with Gasteiger partial charge in [0, 0.05) is 7.05 Å². The van der Waals surface area contributed by atoms with Gasteiger partial charge in [-0.3, -0.25) is 14.8 Å². The molecule has 0 fully saturated rings. The van der Waals surface area contributed by atoms with Gasteiger partial charge in [0.05, 0.1) is 11.4 Å². The topological polar surface area (TPSA) is 76.3 Å². The number of anilines is 1. The van der Waals surface area contributed by atoms with Crippen LogP contribution in [0.15, 0.2) is 35.1 Å². The molecular formula is C12H13N3O3. The highest BCUT2D eigenvalue weighted by Crippen LogP contribution is 2.13. The summed E-state index contributed by atoms with van der Waals surface area (Å²) < 4.78 is 3.03. The predicted octanol–water partition coefficient (Wildman–Crippen LogP) is 1.57. The van der Waals surface area contributed by atoms with E-state index < -0.39 is 6.09 Å². The zero-order valence-electron chi connectivity index (χ0n) is 10.0. The van der Waals surface area contributed by atoms with Gasteiger partial charge in [-0.05, 0) is 19.1 Å². The zero-order valence-corrected chi connectivity index (χ0v) is 10.0. The first-order valence-electron chi connectivity index (χ1n) is 5.36. The maximum Gasteiger partial charge on any atom is 0.409 e. The Morgan fingerprint density at radius 3 is 2.44 bits per heavy atom. The van der Waals surface area contributed by atoms with E-state index in [1.54, 1.807) is 30.8 Å². The molecule has 0 atom stereocenters. The fraction of sp³-hybridized carbons (Fsp3) is 0.167. The summed E-state index contributed by atoms with van der Waals surface area (Å²) in [6.45, 7) is 1.69. The molecule has 0 aliphatic rings. The summed E-state index contributed by atoms with van der Waals surface area (Å²) in [6, 6.07) is 9.04. The van der Waals surface area contributed by atoms with Crippen molar-refractivity contribution in [2.75, 3.05) is 5.32 Å². The Hall–Kier alpha value is -2.50. The SMILES string of the molecule is Cc1c(NC(=O)O)c(=O)n(-c2ccccc2)n1C. The number of rotatable bonds is 2. The Balaban J connectivity index is 2.64. The lowest BCUT2D eigenvalue weighted by Crippen LogP contribution is -2.22. The summed E-state index contributed by atoms with van der Waals surface area (Å²) in [5, 5.41) is 10.9. The van der Waals surface area contributed by atoms with Crippen molar-refractivity contribution in [2.45, 2.75) is 6.92 Å². The molecule has 0 radical (unpaired) electrons. The van der Waals surface area contributed by atoms with E-state index >= 15 is 0 Å². The maximum absolute atomic E-state index is 12.2. The summed E-state index contributed by atoms with van der Waals surface area (Å²) in [6.07, 6.45) is -1.25. The third-order valence-corrected chi connectivity index (χ3v) is 2.79. The van der Waals surface area contributed by atoms with Crippen molar-refractivity contribution in [1.29, 1.82) is 0 Å². The van der Waals surface area contributed by atoms with Gasteiger partial charge in [-0.25, -0.2) is 9.48 Å². The van der Waals surface area contributed by atoms with Gasteiger partial charge in [-0.15, -0.1) is 0 Å². The lowest BCUT2D eigenvalue weighted by atomic mass is 10.3. The van der Waals surface area contributed by atoms with E-state index in [4.69, 9.17) is 5.11 Å². The molecule has 0 bridgehead atoms. The highest BCUT2D eigenvalue weighted by Gasteiger charge is 2.17. The second kappa shape index (κ2) is 4.40. The lowest BCUT2D eigenvalue weighted by molar-refractivity contribution is 0.209. The maximum atomic E-state index is 12.2. The standard InChI is InChI=1S/C12H13N3O3/c1-8-10(13-12(17)18)11(16)15(14(8)2)9-6-4-3-5-7-9/h3-7,13H,1-2H3,(H,17,18). The molecule has 1 amide bonds. The van der Waals surface area contributed by atoms with Crippen LogP contribution in [-0.4, -0.2) is 20.6 Å². The molecule has 0 unspecified atom stereocenters. The van der Waals surface area contributed by atoms with E-state index in [0.717, 1.165) is 0 Å². The van der Waals surface area contributed by atoms with Crippen molar-refractivity contribution in [3.8, 4) is 5.69 Å². The molecule has 0 aliphatic heterocycles. The Morgan fingerprint density at radius 1 is 1.28 bits per heavy atom. The number of hydrogen-bond donors (Lipinski definition) is 2. The minimum absolute atomic E-state index is 0.0776. The molecule has 0 saturated heterocycles.